The smallest absolute Gasteiger partial charge is 0.168 e. The predicted molar refractivity (Wildman–Crippen MR) is 58.0 cm³/mol. The van der Waals surface area contributed by atoms with E-state index in [-0.39, 0.29) is 0 Å². The minimum absolute atomic E-state index is 0.400. The van der Waals surface area contributed by atoms with Gasteiger partial charge in [-0.05, 0) is 12.1 Å². The van der Waals surface area contributed by atoms with E-state index >= 15 is 0 Å². The Bertz CT molecular complexity index is 352. The van der Waals surface area contributed by atoms with Crippen molar-refractivity contribution >= 4 is 24.0 Å². The van der Waals surface area contributed by atoms with Gasteiger partial charge in [-0.2, -0.15) is 0 Å². The zero-order chi connectivity index (χ0) is 10.1. The molecule has 0 aliphatic rings. The fraction of sp³-hybridized carbons (Fsp3) is 0.333. The third-order valence-electron chi connectivity index (χ3n) is 1.94. The maximum atomic E-state index is 10.6. The van der Waals surface area contributed by atoms with Crippen LogP contribution in [-0.4, -0.2) is 16.5 Å². The summed E-state index contributed by atoms with van der Waals surface area (Å²) in [6.45, 7) is 6.71. The van der Waals surface area contributed by atoms with Crippen LogP contribution in [0.1, 0.15) is 0 Å². The van der Waals surface area contributed by atoms with Crippen LogP contribution in [0, 0.1) is 0 Å². The van der Waals surface area contributed by atoms with Gasteiger partial charge >= 0.3 is 0 Å². The highest BCUT2D eigenvalue weighted by atomic mass is 32.2. The van der Waals surface area contributed by atoms with Crippen molar-refractivity contribution < 1.29 is 8.42 Å². The minimum atomic E-state index is -2.43. The Hall–Kier alpha value is -0.613. The number of benzene rings is 1. The first-order chi connectivity index (χ1) is 5.91. The topological polar surface area (TPSA) is 34.1 Å². The molecule has 1 aromatic carbocycles. The molecule has 4 heteroatoms. The maximum absolute atomic E-state index is 10.6. The summed E-state index contributed by atoms with van der Waals surface area (Å²) in [5.41, 5.74) is 0. The standard InChI is InChI=1S/C9H14O2SSi/c1-13(2,3)9-6-4-8(5-7-9)12(10)11/h4-7,12H,1-3H3. The van der Waals surface area contributed by atoms with E-state index in [2.05, 4.69) is 19.6 Å². The van der Waals surface area contributed by atoms with E-state index in [1.54, 1.807) is 12.1 Å². The Morgan fingerprint density at radius 1 is 1.00 bits per heavy atom. The zero-order valence-corrected chi connectivity index (χ0v) is 9.97. The molecule has 72 valence electrons. The molecule has 13 heavy (non-hydrogen) atoms. The molecular formula is C9H14O2SSi. The van der Waals surface area contributed by atoms with Gasteiger partial charge in [-0.1, -0.05) is 37.0 Å². The van der Waals surface area contributed by atoms with Gasteiger partial charge < -0.3 is 0 Å². The molecule has 0 aliphatic carbocycles. The van der Waals surface area contributed by atoms with Crippen molar-refractivity contribution in [2.75, 3.05) is 0 Å². The van der Waals surface area contributed by atoms with E-state index in [9.17, 15) is 8.42 Å². The number of thiol groups is 1. The molecule has 0 N–H and O–H groups in total. The molecule has 0 atom stereocenters. The molecule has 0 aliphatic heterocycles. The van der Waals surface area contributed by atoms with Crippen LogP contribution in [0.5, 0.6) is 0 Å². The van der Waals surface area contributed by atoms with Crippen LogP contribution in [0.3, 0.4) is 0 Å². The van der Waals surface area contributed by atoms with Gasteiger partial charge in [0.2, 0.25) is 0 Å². The molecule has 2 nitrogen and oxygen atoms in total. The number of rotatable bonds is 2. The van der Waals surface area contributed by atoms with Gasteiger partial charge in [0.15, 0.2) is 10.7 Å². The largest absolute Gasteiger partial charge is 0.227 e. The lowest BCUT2D eigenvalue weighted by molar-refractivity contribution is 0.614. The summed E-state index contributed by atoms with van der Waals surface area (Å²) < 4.78 is 21.2. The first kappa shape index (κ1) is 10.5. The van der Waals surface area contributed by atoms with Crippen molar-refractivity contribution in [3.8, 4) is 0 Å². The average molecular weight is 214 g/mol. The van der Waals surface area contributed by atoms with Crippen molar-refractivity contribution in [2.24, 2.45) is 0 Å². The van der Waals surface area contributed by atoms with Crippen LogP contribution in [-0.2, 0) is 10.7 Å². The van der Waals surface area contributed by atoms with Crippen molar-refractivity contribution in [1.29, 1.82) is 0 Å². The van der Waals surface area contributed by atoms with Crippen LogP contribution in [0.15, 0.2) is 29.2 Å². The molecule has 1 rings (SSSR count). The molecule has 1 aromatic rings. The van der Waals surface area contributed by atoms with E-state index in [1.807, 2.05) is 12.1 Å². The molecule has 0 heterocycles. The van der Waals surface area contributed by atoms with Gasteiger partial charge in [-0.3, -0.25) is 0 Å². The third-order valence-corrected chi connectivity index (χ3v) is 4.73. The Balaban J connectivity index is 3.08. The molecule has 0 radical (unpaired) electrons. The highest BCUT2D eigenvalue weighted by Crippen LogP contribution is 2.04. The lowest BCUT2D eigenvalue weighted by Crippen LogP contribution is -2.37. The lowest BCUT2D eigenvalue weighted by atomic mass is 10.4. The highest BCUT2D eigenvalue weighted by molar-refractivity contribution is 7.72. The Morgan fingerprint density at radius 2 is 1.46 bits per heavy atom. The summed E-state index contributed by atoms with van der Waals surface area (Å²) in [5, 5.41) is 1.29. The van der Waals surface area contributed by atoms with Crippen LogP contribution in [0.25, 0.3) is 0 Å². The zero-order valence-electron chi connectivity index (χ0n) is 8.07. The van der Waals surface area contributed by atoms with Crippen LogP contribution in [0.2, 0.25) is 19.6 Å². The quantitative estimate of drug-likeness (QED) is 0.593. The summed E-state index contributed by atoms with van der Waals surface area (Å²) in [7, 11) is -3.72. The Labute approximate surface area is 81.6 Å². The summed E-state index contributed by atoms with van der Waals surface area (Å²) in [6.07, 6.45) is 0. The molecule has 0 unspecified atom stereocenters. The first-order valence-corrected chi connectivity index (χ1v) is 8.84. The van der Waals surface area contributed by atoms with Gasteiger partial charge in [0, 0.05) is 0 Å². The summed E-state index contributed by atoms with van der Waals surface area (Å²) >= 11 is 0. The molecule has 0 spiro atoms. The number of hydrogen-bond donors (Lipinski definition) is 1. The molecule has 0 fully saturated rings. The minimum Gasteiger partial charge on any atom is -0.227 e. The van der Waals surface area contributed by atoms with E-state index in [1.165, 1.54) is 5.19 Å². The Kier molecular flexibility index (Phi) is 2.93. The van der Waals surface area contributed by atoms with Crippen molar-refractivity contribution in [3.05, 3.63) is 24.3 Å². The third kappa shape index (κ3) is 2.67. The fourth-order valence-corrected chi connectivity index (χ4v) is 2.64. The monoisotopic (exact) mass is 214 g/mol. The predicted octanol–water partition coefficient (Wildman–Crippen LogP) is 1.20. The second-order valence-electron chi connectivity index (χ2n) is 4.05. The van der Waals surface area contributed by atoms with E-state index in [4.69, 9.17) is 0 Å². The van der Waals surface area contributed by atoms with Crippen molar-refractivity contribution in [1.82, 2.24) is 0 Å². The van der Waals surface area contributed by atoms with Gasteiger partial charge in [0.25, 0.3) is 0 Å². The second kappa shape index (κ2) is 3.63. The molecular weight excluding hydrogens is 200 g/mol. The molecule has 0 saturated heterocycles. The molecule has 0 amide bonds. The van der Waals surface area contributed by atoms with Crippen LogP contribution in [0.4, 0.5) is 0 Å². The molecule has 0 bridgehead atoms. The number of hydrogen-bond acceptors (Lipinski definition) is 2. The van der Waals surface area contributed by atoms with Gasteiger partial charge in [-0.25, -0.2) is 8.42 Å². The van der Waals surface area contributed by atoms with Crippen LogP contribution >= 0.6 is 0 Å². The summed E-state index contributed by atoms with van der Waals surface area (Å²) in [5.74, 6) is 0. The fourth-order valence-electron chi connectivity index (χ4n) is 1.08. The average Bonchev–Trinajstić information content (AvgIpc) is 2.03. The first-order valence-electron chi connectivity index (χ1n) is 4.16. The molecule has 0 saturated carbocycles. The van der Waals surface area contributed by atoms with E-state index in [0.717, 1.165) is 0 Å². The van der Waals surface area contributed by atoms with Gasteiger partial charge in [0.1, 0.15) is 0 Å². The Morgan fingerprint density at radius 3 is 1.77 bits per heavy atom. The normalized spacial score (nSPS) is 12.0. The van der Waals surface area contributed by atoms with Gasteiger partial charge in [0.05, 0.1) is 13.0 Å². The SMILES string of the molecule is C[Si](C)(C)c1ccc([SH](=O)=O)cc1. The molecule has 0 aromatic heterocycles. The maximum Gasteiger partial charge on any atom is 0.168 e. The van der Waals surface area contributed by atoms with Crippen LogP contribution < -0.4 is 5.19 Å². The van der Waals surface area contributed by atoms with E-state index in [0.29, 0.717) is 4.90 Å². The van der Waals surface area contributed by atoms with Crippen molar-refractivity contribution in [2.45, 2.75) is 24.5 Å². The second-order valence-corrected chi connectivity index (χ2v) is 10.2. The van der Waals surface area contributed by atoms with Gasteiger partial charge in [-0.15, -0.1) is 0 Å². The van der Waals surface area contributed by atoms with E-state index < -0.39 is 18.8 Å². The van der Waals surface area contributed by atoms with Crippen molar-refractivity contribution in [3.63, 3.8) is 0 Å². The summed E-state index contributed by atoms with van der Waals surface area (Å²) in [6, 6.07) is 7.21. The highest BCUT2D eigenvalue weighted by Gasteiger charge is 2.15. The summed E-state index contributed by atoms with van der Waals surface area (Å²) in [4.78, 5) is 0.400. The lowest BCUT2D eigenvalue weighted by Gasteiger charge is -2.15.